The van der Waals surface area contributed by atoms with E-state index in [-0.39, 0.29) is 11.5 Å². The molecule has 0 fully saturated rings. The van der Waals surface area contributed by atoms with Crippen molar-refractivity contribution in [3.05, 3.63) is 95.9 Å². The van der Waals surface area contributed by atoms with Gasteiger partial charge in [-0.15, -0.1) is 0 Å². The fraction of sp³-hybridized carbons (Fsp3) is 0.0714. The molecule has 0 amide bonds. The molecule has 1 N–H and O–H groups in total. The van der Waals surface area contributed by atoms with E-state index in [4.69, 9.17) is 14.5 Å². The number of hydrogen-bond acceptors (Lipinski definition) is 4. The molecule has 0 saturated heterocycles. The molecule has 0 unspecified atom stereocenters. The van der Waals surface area contributed by atoms with Gasteiger partial charge in [-0.05, 0) is 66.7 Å². The van der Waals surface area contributed by atoms with Crippen molar-refractivity contribution in [2.24, 2.45) is 0 Å². The minimum absolute atomic E-state index is 0.138. The van der Waals surface area contributed by atoms with Crippen LogP contribution in [-0.4, -0.2) is 30.0 Å². The standard InChI is InChI=1S/C28H21FN2O3/c1-33-20-11-7-17(8-12-20)25(32)14-10-19-16-22-21-5-3-4-6-24(21)31-28(22)27(30-19)18-9-13-23(29)26(15-18)34-2/h3-16,31H,1-2H3/b14-10+. The molecule has 168 valence electrons. The number of ketones is 1. The Morgan fingerprint density at radius 3 is 2.50 bits per heavy atom. The molecule has 0 radical (unpaired) electrons. The van der Waals surface area contributed by atoms with E-state index in [0.717, 1.165) is 21.8 Å². The zero-order chi connectivity index (χ0) is 23.7. The van der Waals surface area contributed by atoms with E-state index in [1.165, 1.54) is 19.3 Å². The van der Waals surface area contributed by atoms with Gasteiger partial charge in [-0.3, -0.25) is 4.79 Å². The number of carbonyl (C=O) groups is 1. The third kappa shape index (κ3) is 3.90. The molecule has 34 heavy (non-hydrogen) atoms. The first-order chi connectivity index (χ1) is 16.6. The number of aromatic nitrogens is 2. The quantitative estimate of drug-likeness (QED) is 0.238. The summed E-state index contributed by atoms with van der Waals surface area (Å²) in [7, 11) is 3.01. The third-order valence-electron chi connectivity index (χ3n) is 5.72. The maximum Gasteiger partial charge on any atom is 0.185 e. The molecular formula is C28H21FN2O3. The number of aromatic amines is 1. The Labute approximate surface area is 195 Å². The van der Waals surface area contributed by atoms with E-state index in [2.05, 4.69) is 4.98 Å². The number of nitrogens with zero attached hydrogens (tertiary/aromatic N) is 1. The summed E-state index contributed by atoms with van der Waals surface area (Å²) >= 11 is 0. The van der Waals surface area contributed by atoms with Gasteiger partial charge in [0.15, 0.2) is 17.3 Å². The minimum atomic E-state index is -0.444. The third-order valence-corrected chi connectivity index (χ3v) is 5.72. The molecule has 5 nitrogen and oxygen atoms in total. The van der Waals surface area contributed by atoms with Gasteiger partial charge in [-0.1, -0.05) is 18.2 Å². The Bertz CT molecular complexity index is 1550. The lowest BCUT2D eigenvalue weighted by Gasteiger charge is -2.08. The highest BCUT2D eigenvalue weighted by molar-refractivity contribution is 6.12. The SMILES string of the molecule is COc1ccc(C(=O)/C=C/c2cc3c([nH]c4ccccc43)c(-c3ccc(F)c(OC)c3)n2)cc1. The van der Waals surface area contributed by atoms with Crippen LogP contribution in [0.25, 0.3) is 39.1 Å². The molecule has 0 saturated carbocycles. The van der Waals surface area contributed by atoms with Crippen LogP contribution in [0.2, 0.25) is 0 Å². The molecule has 5 rings (SSSR count). The number of H-pyrrole nitrogens is 1. The van der Waals surface area contributed by atoms with Crippen molar-refractivity contribution in [3.8, 4) is 22.8 Å². The van der Waals surface area contributed by atoms with Gasteiger partial charge < -0.3 is 14.5 Å². The van der Waals surface area contributed by atoms with Gasteiger partial charge in [0.05, 0.1) is 31.1 Å². The molecule has 6 heteroatoms. The first-order valence-corrected chi connectivity index (χ1v) is 10.7. The number of fused-ring (bicyclic) bond motifs is 3. The average Bonchev–Trinajstić information content (AvgIpc) is 3.26. The number of methoxy groups -OCH3 is 2. The summed E-state index contributed by atoms with van der Waals surface area (Å²) < 4.78 is 24.4. The summed E-state index contributed by atoms with van der Waals surface area (Å²) in [6, 6.07) is 21.5. The number of allylic oxidation sites excluding steroid dienone is 1. The summed E-state index contributed by atoms with van der Waals surface area (Å²) in [5.41, 5.74) is 4.29. The molecule has 5 aromatic rings. The Balaban J connectivity index is 1.63. The summed E-state index contributed by atoms with van der Waals surface area (Å²) in [6.45, 7) is 0. The van der Waals surface area contributed by atoms with E-state index in [1.54, 1.807) is 49.6 Å². The van der Waals surface area contributed by atoms with Crippen LogP contribution < -0.4 is 9.47 Å². The van der Waals surface area contributed by atoms with Crippen LogP contribution in [0.1, 0.15) is 16.1 Å². The van der Waals surface area contributed by atoms with Gasteiger partial charge in [0.1, 0.15) is 5.75 Å². The normalized spacial score (nSPS) is 11.4. The summed E-state index contributed by atoms with van der Waals surface area (Å²) in [5, 5.41) is 1.99. The smallest absolute Gasteiger partial charge is 0.185 e. The van der Waals surface area contributed by atoms with Crippen molar-refractivity contribution >= 4 is 33.7 Å². The van der Waals surface area contributed by atoms with Gasteiger partial charge in [-0.25, -0.2) is 9.37 Å². The monoisotopic (exact) mass is 452 g/mol. The number of rotatable bonds is 6. The predicted molar refractivity (Wildman–Crippen MR) is 132 cm³/mol. The molecule has 0 spiro atoms. The van der Waals surface area contributed by atoms with Gasteiger partial charge in [-0.2, -0.15) is 0 Å². The number of halogens is 1. The molecule has 0 aliphatic rings. The highest BCUT2D eigenvalue weighted by Gasteiger charge is 2.15. The number of ether oxygens (including phenoxy) is 2. The highest BCUT2D eigenvalue weighted by Crippen LogP contribution is 2.34. The van der Waals surface area contributed by atoms with Crippen LogP contribution >= 0.6 is 0 Å². The lowest BCUT2D eigenvalue weighted by atomic mass is 10.1. The molecule has 0 aliphatic heterocycles. The Morgan fingerprint density at radius 2 is 1.74 bits per heavy atom. The second-order valence-corrected chi connectivity index (χ2v) is 7.76. The maximum absolute atomic E-state index is 14.1. The van der Waals surface area contributed by atoms with Crippen LogP contribution in [-0.2, 0) is 0 Å². The zero-order valence-electron chi connectivity index (χ0n) is 18.6. The lowest BCUT2D eigenvalue weighted by Crippen LogP contribution is -1.95. The van der Waals surface area contributed by atoms with Crippen molar-refractivity contribution in [1.82, 2.24) is 9.97 Å². The van der Waals surface area contributed by atoms with Gasteiger partial charge in [0, 0.05) is 27.4 Å². The van der Waals surface area contributed by atoms with E-state index in [1.807, 2.05) is 30.3 Å². The first-order valence-electron chi connectivity index (χ1n) is 10.7. The first kappa shape index (κ1) is 21.4. The fourth-order valence-corrected chi connectivity index (χ4v) is 3.98. The highest BCUT2D eigenvalue weighted by atomic mass is 19.1. The topological polar surface area (TPSA) is 64.2 Å². The fourth-order valence-electron chi connectivity index (χ4n) is 3.98. The van der Waals surface area contributed by atoms with Gasteiger partial charge in [0.25, 0.3) is 0 Å². The molecule has 0 atom stereocenters. The van der Waals surface area contributed by atoms with Crippen LogP contribution in [0.15, 0.2) is 78.9 Å². The molecule has 3 aromatic carbocycles. The van der Waals surface area contributed by atoms with E-state index in [0.29, 0.717) is 28.3 Å². The predicted octanol–water partition coefficient (Wildman–Crippen LogP) is 6.44. The number of nitrogens with one attached hydrogen (secondary N) is 1. The number of benzene rings is 3. The van der Waals surface area contributed by atoms with E-state index in [9.17, 15) is 9.18 Å². The largest absolute Gasteiger partial charge is 0.497 e. The van der Waals surface area contributed by atoms with Crippen molar-refractivity contribution in [3.63, 3.8) is 0 Å². The molecule has 0 aliphatic carbocycles. The summed E-state index contributed by atoms with van der Waals surface area (Å²) in [5.74, 6) is 0.235. The Morgan fingerprint density at radius 1 is 0.941 bits per heavy atom. The number of pyridine rings is 1. The molecule has 0 bridgehead atoms. The maximum atomic E-state index is 14.1. The van der Waals surface area contributed by atoms with Crippen molar-refractivity contribution in [2.75, 3.05) is 14.2 Å². The second-order valence-electron chi connectivity index (χ2n) is 7.76. The van der Waals surface area contributed by atoms with Crippen LogP contribution in [0.4, 0.5) is 4.39 Å². The number of hydrogen-bond donors (Lipinski definition) is 1. The van der Waals surface area contributed by atoms with Crippen LogP contribution in [0.3, 0.4) is 0 Å². The summed E-state index contributed by atoms with van der Waals surface area (Å²) in [4.78, 5) is 20.9. The van der Waals surface area contributed by atoms with Crippen LogP contribution in [0.5, 0.6) is 11.5 Å². The molecular weight excluding hydrogens is 431 g/mol. The second kappa shape index (κ2) is 8.83. The van der Waals surface area contributed by atoms with Gasteiger partial charge in [0.2, 0.25) is 0 Å². The molecule has 2 aromatic heterocycles. The van der Waals surface area contributed by atoms with Crippen LogP contribution in [0, 0.1) is 5.82 Å². The zero-order valence-corrected chi connectivity index (χ0v) is 18.6. The van der Waals surface area contributed by atoms with Crippen molar-refractivity contribution in [1.29, 1.82) is 0 Å². The van der Waals surface area contributed by atoms with Crippen molar-refractivity contribution in [2.45, 2.75) is 0 Å². The lowest BCUT2D eigenvalue weighted by molar-refractivity contribution is 0.104. The Kier molecular flexibility index (Phi) is 5.55. The van der Waals surface area contributed by atoms with E-state index < -0.39 is 5.82 Å². The van der Waals surface area contributed by atoms with E-state index >= 15 is 0 Å². The summed E-state index contributed by atoms with van der Waals surface area (Å²) in [6.07, 6.45) is 3.19. The Hall–Kier alpha value is -4.45. The van der Waals surface area contributed by atoms with Gasteiger partial charge >= 0.3 is 0 Å². The molecule has 2 heterocycles. The minimum Gasteiger partial charge on any atom is -0.497 e. The average molecular weight is 452 g/mol. The number of carbonyl (C=O) groups excluding carboxylic acids is 1. The number of para-hydroxylation sites is 1. The van der Waals surface area contributed by atoms with Crippen molar-refractivity contribution < 1.29 is 18.7 Å².